The van der Waals surface area contributed by atoms with Gasteiger partial charge in [-0.05, 0) is 49.9 Å². The topological polar surface area (TPSA) is 49.8 Å². The van der Waals surface area contributed by atoms with Crippen molar-refractivity contribution in [3.63, 3.8) is 0 Å². The third kappa shape index (κ3) is 4.46. The molecule has 0 radical (unpaired) electrons. The van der Waals surface area contributed by atoms with Gasteiger partial charge < -0.3 is 14.7 Å². The number of ether oxygens (including phenoxy) is 1. The second-order valence-corrected chi connectivity index (χ2v) is 6.56. The second-order valence-electron chi connectivity index (χ2n) is 6.56. The maximum absolute atomic E-state index is 12.4. The van der Waals surface area contributed by atoms with Crippen LogP contribution in [0, 0.1) is 5.92 Å². The molecule has 0 aromatic heterocycles. The molecule has 0 aliphatic carbocycles. The van der Waals surface area contributed by atoms with Crippen LogP contribution in [0.5, 0.6) is 5.75 Å². The van der Waals surface area contributed by atoms with Crippen molar-refractivity contribution < 1.29 is 14.6 Å². The number of β-amino-alcohol motifs (C(OH)–C–C–N with tert-alkyl or cyclic N) is 1. The number of piperidine rings is 1. The minimum atomic E-state index is -0.770. The Balaban J connectivity index is 1.99. The highest BCUT2D eigenvalue weighted by atomic mass is 16.5. The van der Waals surface area contributed by atoms with Crippen molar-refractivity contribution in [2.24, 2.45) is 5.92 Å². The fourth-order valence-corrected chi connectivity index (χ4v) is 2.53. The first kappa shape index (κ1) is 15.8. The third-order valence-electron chi connectivity index (χ3n) is 3.65. The highest BCUT2D eigenvalue weighted by molar-refractivity contribution is 5.94. The SMILES string of the molecule is CC(C)COc1ccc(C(=O)N2CCCC(C)(O)C2)cc1. The van der Waals surface area contributed by atoms with Gasteiger partial charge in [-0.3, -0.25) is 4.79 Å². The Morgan fingerprint density at radius 3 is 2.62 bits per heavy atom. The summed E-state index contributed by atoms with van der Waals surface area (Å²) in [5.74, 6) is 1.23. The molecule has 1 fully saturated rings. The molecule has 1 atom stereocenters. The van der Waals surface area contributed by atoms with Gasteiger partial charge in [0.2, 0.25) is 0 Å². The van der Waals surface area contributed by atoms with Gasteiger partial charge >= 0.3 is 0 Å². The maximum Gasteiger partial charge on any atom is 0.253 e. The predicted octanol–water partition coefficient (Wildman–Crippen LogP) is 2.71. The summed E-state index contributed by atoms with van der Waals surface area (Å²) < 4.78 is 5.62. The molecule has 2 rings (SSSR count). The van der Waals surface area contributed by atoms with E-state index in [0.29, 0.717) is 31.2 Å². The number of carbonyl (C=O) groups is 1. The van der Waals surface area contributed by atoms with Crippen molar-refractivity contribution in [2.75, 3.05) is 19.7 Å². The average molecular weight is 291 g/mol. The van der Waals surface area contributed by atoms with E-state index in [9.17, 15) is 9.90 Å². The summed E-state index contributed by atoms with van der Waals surface area (Å²) in [6, 6.07) is 7.25. The van der Waals surface area contributed by atoms with Crippen LogP contribution >= 0.6 is 0 Å². The fraction of sp³-hybridized carbons (Fsp3) is 0.588. The largest absolute Gasteiger partial charge is 0.493 e. The number of benzene rings is 1. The molecule has 1 amide bonds. The first-order chi connectivity index (χ1) is 9.87. The van der Waals surface area contributed by atoms with E-state index in [1.807, 2.05) is 12.1 Å². The standard InChI is InChI=1S/C17H25NO3/c1-13(2)11-21-15-7-5-14(6-8-15)16(19)18-10-4-9-17(3,20)12-18/h5-8,13,20H,4,9-12H2,1-3H3. The quantitative estimate of drug-likeness (QED) is 0.928. The Morgan fingerprint density at radius 1 is 1.38 bits per heavy atom. The van der Waals surface area contributed by atoms with Gasteiger partial charge in [0.15, 0.2) is 0 Å². The Labute approximate surface area is 126 Å². The van der Waals surface area contributed by atoms with E-state index in [-0.39, 0.29) is 5.91 Å². The summed E-state index contributed by atoms with van der Waals surface area (Å²) in [6.07, 6.45) is 1.59. The predicted molar refractivity (Wildman–Crippen MR) is 82.5 cm³/mol. The van der Waals surface area contributed by atoms with Gasteiger partial charge in [0.05, 0.1) is 12.2 Å². The van der Waals surface area contributed by atoms with Crippen molar-refractivity contribution in [3.8, 4) is 5.75 Å². The van der Waals surface area contributed by atoms with E-state index >= 15 is 0 Å². The van der Waals surface area contributed by atoms with Crippen molar-refractivity contribution >= 4 is 5.91 Å². The molecular weight excluding hydrogens is 266 g/mol. The van der Waals surface area contributed by atoms with Gasteiger partial charge in [0, 0.05) is 18.7 Å². The van der Waals surface area contributed by atoms with E-state index < -0.39 is 5.60 Å². The summed E-state index contributed by atoms with van der Waals surface area (Å²) in [4.78, 5) is 14.2. The first-order valence-electron chi connectivity index (χ1n) is 7.62. The molecule has 0 spiro atoms. The molecule has 21 heavy (non-hydrogen) atoms. The molecule has 1 heterocycles. The number of rotatable bonds is 4. The zero-order valence-corrected chi connectivity index (χ0v) is 13.1. The molecule has 1 aromatic rings. The zero-order chi connectivity index (χ0) is 15.5. The number of likely N-dealkylation sites (tertiary alicyclic amines) is 1. The van der Waals surface area contributed by atoms with Crippen LogP contribution in [-0.4, -0.2) is 41.2 Å². The van der Waals surface area contributed by atoms with Crippen LogP contribution in [-0.2, 0) is 0 Å². The minimum absolute atomic E-state index is 0.0228. The summed E-state index contributed by atoms with van der Waals surface area (Å²) in [6.45, 7) is 7.76. The summed E-state index contributed by atoms with van der Waals surface area (Å²) in [5, 5.41) is 10.1. The van der Waals surface area contributed by atoms with E-state index in [4.69, 9.17) is 4.74 Å². The monoisotopic (exact) mass is 291 g/mol. The summed E-state index contributed by atoms with van der Waals surface area (Å²) >= 11 is 0. The second kappa shape index (κ2) is 6.48. The van der Waals surface area contributed by atoms with Gasteiger partial charge in [-0.1, -0.05) is 13.8 Å². The number of nitrogens with zero attached hydrogens (tertiary/aromatic N) is 1. The third-order valence-corrected chi connectivity index (χ3v) is 3.65. The number of hydrogen-bond acceptors (Lipinski definition) is 3. The smallest absolute Gasteiger partial charge is 0.253 e. The van der Waals surface area contributed by atoms with Gasteiger partial charge in [0.25, 0.3) is 5.91 Å². The highest BCUT2D eigenvalue weighted by Crippen LogP contribution is 2.22. The molecule has 1 aliphatic rings. The highest BCUT2D eigenvalue weighted by Gasteiger charge is 2.31. The Bertz CT molecular complexity index is 479. The van der Waals surface area contributed by atoms with Gasteiger partial charge in [-0.25, -0.2) is 0 Å². The molecular formula is C17H25NO3. The molecule has 1 aromatic carbocycles. The van der Waals surface area contributed by atoms with Crippen LogP contribution < -0.4 is 4.74 Å². The lowest BCUT2D eigenvalue weighted by atomic mass is 9.94. The van der Waals surface area contributed by atoms with Gasteiger partial charge in [0.1, 0.15) is 5.75 Å². The number of aliphatic hydroxyl groups is 1. The van der Waals surface area contributed by atoms with Crippen LogP contribution in [0.2, 0.25) is 0 Å². The fourth-order valence-electron chi connectivity index (χ4n) is 2.53. The molecule has 1 aliphatic heterocycles. The number of hydrogen-bond donors (Lipinski definition) is 1. The number of carbonyl (C=O) groups excluding carboxylic acids is 1. The minimum Gasteiger partial charge on any atom is -0.493 e. The molecule has 0 bridgehead atoms. The van der Waals surface area contributed by atoms with Crippen LogP contribution in [0.4, 0.5) is 0 Å². The molecule has 116 valence electrons. The Hall–Kier alpha value is -1.55. The van der Waals surface area contributed by atoms with E-state index in [1.54, 1.807) is 24.0 Å². The lowest BCUT2D eigenvalue weighted by Gasteiger charge is -2.36. The maximum atomic E-state index is 12.4. The number of amides is 1. The lowest BCUT2D eigenvalue weighted by Crippen LogP contribution is -2.48. The Kier molecular flexibility index (Phi) is 4.88. The van der Waals surface area contributed by atoms with Gasteiger partial charge in [-0.15, -0.1) is 0 Å². The van der Waals surface area contributed by atoms with E-state index in [0.717, 1.165) is 18.6 Å². The Morgan fingerprint density at radius 2 is 2.05 bits per heavy atom. The first-order valence-corrected chi connectivity index (χ1v) is 7.62. The van der Waals surface area contributed by atoms with Crippen LogP contribution in [0.25, 0.3) is 0 Å². The van der Waals surface area contributed by atoms with Crippen LogP contribution in [0.3, 0.4) is 0 Å². The van der Waals surface area contributed by atoms with Gasteiger partial charge in [-0.2, -0.15) is 0 Å². The van der Waals surface area contributed by atoms with Crippen LogP contribution in [0.15, 0.2) is 24.3 Å². The van der Waals surface area contributed by atoms with E-state index in [2.05, 4.69) is 13.8 Å². The lowest BCUT2D eigenvalue weighted by molar-refractivity contribution is -0.0107. The molecule has 1 unspecified atom stereocenters. The molecule has 0 saturated carbocycles. The average Bonchev–Trinajstić information content (AvgIpc) is 2.44. The van der Waals surface area contributed by atoms with Crippen molar-refractivity contribution in [1.82, 2.24) is 4.90 Å². The normalized spacial score (nSPS) is 22.4. The van der Waals surface area contributed by atoms with Crippen molar-refractivity contribution in [2.45, 2.75) is 39.2 Å². The zero-order valence-electron chi connectivity index (χ0n) is 13.1. The molecule has 1 saturated heterocycles. The van der Waals surface area contributed by atoms with Crippen molar-refractivity contribution in [3.05, 3.63) is 29.8 Å². The summed E-state index contributed by atoms with van der Waals surface area (Å²) in [7, 11) is 0. The van der Waals surface area contributed by atoms with Crippen LogP contribution in [0.1, 0.15) is 44.0 Å². The van der Waals surface area contributed by atoms with E-state index in [1.165, 1.54) is 0 Å². The molecule has 4 nitrogen and oxygen atoms in total. The summed E-state index contributed by atoms with van der Waals surface area (Å²) in [5.41, 5.74) is -0.126. The molecule has 4 heteroatoms. The van der Waals surface area contributed by atoms with Crippen molar-refractivity contribution in [1.29, 1.82) is 0 Å². The molecule has 1 N–H and O–H groups in total.